The van der Waals surface area contributed by atoms with Gasteiger partial charge in [-0.25, -0.2) is 9.59 Å². The molecule has 11 heteroatoms. The number of nitrogens with two attached hydrogens (primary N) is 1. The van der Waals surface area contributed by atoms with Crippen LogP contribution in [0.1, 0.15) is 44.2 Å². The Labute approximate surface area is 246 Å². The highest BCUT2D eigenvalue weighted by atomic mass is 16.5. The van der Waals surface area contributed by atoms with Crippen molar-refractivity contribution in [1.82, 2.24) is 16.0 Å². The molecule has 0 aromatic heterocycles. The smallest absolute Gasteiger partial charge is 0.408 e. The molecule has 5 N–H and O–H groups in total. The van der Waals surface area contributed by atoms with Gasteiger partial charge >= 0.3 is 12.1 Å². The second kappa shape index (κ2) is 17.9. The van der Waals surface area contributed by atoms with Crippen LogP contribution in [0.2, 0.25) is 0 Å². The van der Waals surface area contributed by atoms with Gasteiger partial charge in [-0.1, -0.05) is 80.6 Å². The zero-order valence-electron chi connectivity index (χ0n) is 24.2. The van der Waals surface area contributed by atoms with Crippen molar-refractivity contribution in [3.63, 3.8) is 0 Å². The molecule has 0 aliphatic rings. The van der Waals surface area contributed by atoms with Gasteiger partial charge in [-0.3, -0.25) is 14.4 Å². The maximum Gasteiger partial charge on any atom is 0.408 e. The number of methoxy groups -OCH3 is 1. The van der Waals surface area contributed by atoms with Gasteiger partial charge in [-0.15, -0.1) is 0 Å². The monoisotopic (exact) mass is 580 g/mol. The minimum absolute atomic E-state index is 0.0352. The van der Waals surface area contributed by atoms with E-state index >= 15 is 0 Å². The summed E-state index contributed by atoms with van der Waals surface area (Å²) in [5, 5.41) is 8.16. The molecule has 3 atom stereocenters. The van der Waals surface area contributed by atoms with Gasteiger partial charge in [0.1, 0.15) is 18.7 Å². The van der Waals surface area contributed by atoms with Crippen LogP contribution >= 0.6 is 0 Å². The van der Waals surface area contributed by atoms with Crippen LogP contribution in [0.5, 0.6) is 0 Å². The normalized spacial score (nSPS) is 13.0. The van der Waals surface area contributed by atoms with Gasteiger partial charge in [0.05, 0.1) is 7.11 Å². The van der Waals surface area contributed by atoms with Crippen LogP contribution < -0.4 is 21.7 Å². The number of alkyl carbamates (subject to hydrolysis) is 1. The third kappa shape index (κ3) is 13.1. The van der Waals surface area contributed by atoms with Gasteiger partial charge in [-0.05, 0) is 29.9 Å². The lowest BCUT2D eigenvalue weighted by Crippen LogP contribution is -2.55. The maximum atomic E-state index is 13.5. The topological polar surface area (TPSA) is 166 Å². The van der Waals surface area contributed by atoms with Crippen LogP contribution in [0.4, 0.5) is 4.79 Å². The highest BCUT2D eigenvalue weighted by molar-refractivity contribution is 5.92. The Bertz CT molecular complexity index is 1200. The summed E-state index contributed by atoms with van der Waals surface area (Å²) in [7, 11) is 1.22. The van der Waals surface area contributed by atoms with Crippen molar-refractivity contribution in [2.24, 2.45) is 11.7 Å². The van der Waals surface area contributed by atoms with Crippen molar-refractivity contribution in [2.45, 2.75) is 64.3 Å². The highest BCUT2D eigenvalue weighted by Crippen LogP contribution is 2.10. The Balaban J connectivity index is 2.20. The van der Waals surface area contributed by atoms with Crippen molar-refractivity contribution < 1.29 is 33.4 Å². The SMILES string of the molecule is COC(=O)/C=C/[C@H](CCC(N)=O)NC(=O)[C@H](Cc1ccccc1)NC(=O)[C@H](CC(C)C)NC(=O)OCc1ccccc1. The van der Waals surface area contributed by atoms with Gasteiger partial charge < -0.3 is 31.2 Å². The predicted molar refractivity (Wildman–Crippen MR) is 157 cm³/mol. The standard InChI is InChI=1S/C31H40N4O7/c1-21(2)18-25(35-31(40)42-20-23-12-8-5-9-13-23)30(39)34-26(19-22-10-6-4-7-11-22)29(38)33-24(14-16-27(32)36)15-17-28(37)41-3/h4-13,15,17,21,24-26H,14,16,18-20H2,1-3H3,(H2,32,36)(H,33,38)(H,34,39)(H,35,40)/b17-15+/t24-,25-,26-/m0/s1. The minimum atomic E-state index is -1.04. The number of primary amides is 1. The highest BCUT2D eigenvalue weighted by Gasteiger charge is 2.29. The summed E-state index contributed by atoms with van der Waals surface area (Å²) in [4.78, 5) is 62.5. The average Bonchev–Trinajstić information content (AvgIpc) is 2.97. The lowest BCUT2D eigenvalue weighted by Gasteiger charge is -2.25. The first-order valence-electron chi connectivity index (χ1n) is 13.7. The number of carbonyl (C=O) groups excluding carboxylic acids is 5. The number of hydrogen-bond acceptors (Lipinski definition) is 7. The van der Waals surface area contributed by atoms with Gasteiger partial charge in [0.2, 0.25) is 17.7 Å². The van der Waals surface area contributed by atoms with Crippen molar-refractivity contribution in [1.29, 1.82) is 0 Å². The molecule has 0 bridgehead atoms. The summed E-state index contributed by atoms with van der Waals surface area (Å²) >= 11 is 0. The fourth-order valence-electron chi connectivity index (χ4n) is 4.00. The molecule has 4 amide bonds. The third-order valence-electron chi connectivity index (χ3n) is 6.14. The second-order valence-corrected chi connectivity index (χ2v) is 10.1. The van der Waals surface area contributed by atoms with E-state index in [9.17, 15) is 24.0 Å². The Morgan fingerprint density at radius 3 is 2.00 bits per heavy atom. The second-order valence-electron chi connectivity index (χ2n) is 10.1. The van der Waals surface area contributed by atoms with Crippen LogP contribution in [0.25, 0.3) is 0 Å². The number of esters is 1. The zero-order valence-corrected chi connectivity index (χ0v) is 24.2. The summed E-state index contributed by atoms with van der Waals surface area (Å²) < 4.78 is 9.91. The van der Waals surface area contributed by atoms with Crippen molar-refractivity contribution in [2.75, 3.05) is 7.11 Å². The molecule has 0 saturated carbocycles. The average molecular weight is 581 g/mol. The molecular weight excluding hydrogens is 540 g/mol. The van der Waals surface area contributed by atoms with Crippen LogP contribution in [0, 0.1) is 5.92 Å². The molecule has 0 aliphatic heterocycles. The number of nitrogens with one attached hydrogen (secondary N) is 3. The molecule has 0 aliphatic carbocycles. The van der Waals surface area contributed by atoms with E-state index in [-0.39, 0.29) is 31.8 Å². The molecule has 0 saturated heterocycles. The molecule has 11 nitrogen and oxygen atoms in total. The number of hydrogen-bond donors (Lipinski definition) is 4. The molecule has 2 aromatic rings. The number of amides is 4. The molecule has 0 spiro atoms. The lowest BCUT2D eigenvalue weighted by atomic mass is 10.0. The maximum absolute atomic E-state index is 13.5. The molecular formula is C31H40N4O7. The minimum Gasteiger partial charge on any atom is -0.466 e. The lowest BCUT2D eigenvalue weighted by molar-refractivity contribution is -0.135. The molecule has 2 aromatic carbocycles. The molecule has 226 valence electrons. The van der Waals surface area contributed by atoms with Crippen LogP contribution in [-0.4, -0.2) is 55.0 Å². The summed E-state index contributed by atoms with van der Waals surface area (Å²) in [6, 6.07) is 15.5. The first kappa shape index (κ1) is 33.5. The van der Waals surface area contributed by atoms with Gasteiger partial charge in [0.25, 0.3) is 0 Å². The molecule has 42 heavy (non-hydrogen) atoms. The Morgan fingerprint density at radius 1 is 0.833 bits per heavy atom. The molecule has 0 unspecified atom stereocenters. The molecule has 0 radical (unpaired) electrons. The summed E-state index contributed by atoms with van der Waals surface area (Å²) in [6.45, 7) is 3.85. The fourth-order valence-corrected chi connectivity index (χ4v) is 4.00. The van der Waals surface area contributed by atoms with E-state index in [0.29, 0.717) is 6.42 Å². The predicted octanol–water partition coefficient (Wildman–Crippen LogP) is 2.53. The van der Waals surface area contributed by atoms with E-state index in [1.54, 1.807) is 0 Å². The van der Waals surface area contributed by atoms with Crippen LogP contribution in [-0.2, 0) is 41.7 Å². The Kier molecular flexibility index (Phi) is 14.3. The van der Waals surface area contributed by atoms with E-state index in [4.69, 9.17) is 10.5 Å². The van der Waals surface area contributed by atoms with Crippen LogP contribution in [0.3, 0.4) is 0 Å². The number of rotatable bonds is 16. The van der Waals surface area contributed by atoms with Crippen molar-refractivity contribution in [3.05, 3.63) is 83.9 Å². The number of ether oxygens (including phenoxy) is 2. The van der Waals surface area contributed by atoms with E-state index < -0.39 is 47.9 Å². The summed E-state index contributed by atoms with van der Waals surface area (Å²) in [5.74, 6) is -2.28. The van der Waals surface area contributed by atoms with Crippen molar-refractivity contribution >= 4 is 29.8 Å². The van der Waals surface area contributed by atoms with E-state index in [1.807, 2.05) is 74.5 Å². The van der Waals surface area contributed by atoms with Gasteiger partial charge in [0, 0.05) is 25.0 Å². The molecule has 2 rings (SSSR count). The summed E-state index contributed by atoms with van der Waals surface area (Å²) in [6.07, 6.45) is 2.32. The van der Waals surface area contributed by atoms with E-state index in [0.717, 1.165) is 17.2 Å². The van der Waals surface area contributed by atoms with Crippen LogP contribution in [0.15, 0.2) is 72.8 Å². The quantitative estimate of drug-likeness (QED) is 0.175. The fraction of sp³-hybridized carbons (Fsp3) is 0.387. The van der Waals surface area contributed by atoms with E-state index in [1.165, 1.54) is 13.2 Å². The third-order valence-corrected chi connectivity index (χ3v) is 6.14. The zero-order chi connectivity index (χ0) is 30.9. The largest absolute Gasteiger partial charge is 0.466 e. The number of carbonyl (C=O) groups is 5. The first-order valence-corrected chi connectivity index (χ1v) is 13.7. The molecule has 0 fully saturated rings. The Hall–Kier alpha value is -4.67. The molecule has 0 heterocycles. The summed E-state index contributed by atoms with van der Waals surface area (Å²) in [5.41, 5.74) is 6.86. The van der Waals surface area contributed by atoms with E-state index in [2.05, 4.69) is 20.7 Å². The van der Waals surface area contributed by atoms with Gasteiger partial charge in [-0.2, -0.15) is 0 Å². The number of benzene rings is 2. The Morgan fingerprint density at radius 2 is 1.43 bits per heavy atom. The van der Waals surface area contributed by atoms with Crippen molar-refractivity contribution in [3.8, 4) is 0 Å². The first-order chi connectivity index (χ1) is 20.1. The van der Waals surface area contributed by atoms with Gasteiger partial charge in [0.15, 0.2) is 0 Å².